The van der Waals surface area contributed by atoms with Crippen molar-refractivity contribution >= 4 is 22.8 Å². The van der Waals surface area contributed by atoms with Gasteiger partial charge in [0.1, 0.15) is 17.3 Å². The van der Waals surface area contributed by atoms with Crippen LogP contribution in [0.5, 0.6) is 0 Å². The largest absolute Gasteiger partial charge is 0.456 e. The van der Waals surface area contributed by atoms with E-state index in [-0.39, 0.29) is 36.6 Å². The molecule has 0 saturated heterocycles. The molecule has 3 aromatic rings. The van der Waals surface area contributed by atoms with E-state index in [9.17, 15) is 32.3 Å². The van der Waals surface area contributed by atoms with E-state index in [4.69, 9.17) is 10.5 Å². The lowest BCUT2D eigenvalue weighted by Crippen LogP contribution is -2.38. The SMILES string of the molecule is CC(C)(F)CC[C@H](C[C@H](O)[C@H](Cc1ccccc1)OC(=O)c1cnc2c(F)c(F)c(F)cc2c1)C(N)=O. The minimum atomic E-state index is -1.68. The fourth-order valence-electron chi connectivity index (χ4n) is 3.94. The van der Waals surface area contributed by atoms with E-state index in [1.807, 2.05) is 0 Å². The Morgan fingerprint density at radius 1 is 1.11 bits per heavy atom. The zero-order chi connectivity index (χ0) is 27.3. The summed E-state index contributed by atoms with van der Waals surface area (Å²) in [4.78, 5) is 28.6. The lowest BCUT2D eigenvalue weighted by atomic mass is 9.88. The third kappa shape index (κ3) is 7.48. The number of halogens is 4. The number of amides is 1. The molecule has 10 heteroatoms. The van der Waals surface area contributed by atoms with Gasteiger partial charge in [-0.05, 0) is 50.8 Å². The number of fused-ring (bicyclic) bond motifs is 1. The van der Waals surface area contributed by atoms with Crippen molar-refractivity contribution in [3.05, 3.63) is 77.2 Å². The van der Waals surface area contributed by atoms with Crippen molar-refractivity contribution in [3.8, 4) is 0 Å². The van der Waals surface area contributed by atoms with Crippen molar-refractivity contribution in [2.45, 2.75) is 57.4 Å². The number of nitrogens with zero attached hydrogens (tertiary/aromatic N) is 1. The molecule has 2 aromatic carbocycles. The summed E-state index contributed by atoms with van der Waals surface area (Å²) in [6, 6.07) is 10.6. The zero-order valence-electron chi connectivity index (χ0n) is 20.4. The van der Waals surface area contributed by atoms with Crippen LogP contribution in [0.2, 0.25) is 0 Å². The molecular formula is C27H28F4N2O4. The van der Waals surface area contributed by atoms with Crippen molar-refractivity contribution in [3.63, 3.8) is 0 Å². The molecule has 0 aliphatic heterocycles. The summed E-state index contributed by atoms with van der Waals surface area (Å²) in [5, 5.41) is 10.8. The van der Waals surface area contributed by atoms with E-state index < -0.39 is 58.6 Å². The van der Waals surface area contributed by atoms with Gasteiger partial charge in [-0.3, -0.25) is 9.78 Å². The number of hydrogen-bond donors (Lipinski definition) is 2. The number of primary amides is 1. The summed E-state index contributed by atoms with van der Waals surface area (Å²) in [5.74, 6) is -7.15. The quantitative estimate of drug-likeness (QED) is 0.215. The number of esters is 1. The van der Waals surface area contributed by atoms with Gasteiger partial charge in [0.2, 0.25) is 5.91 Å². The molecule has 0 radical (unpaired) electrons. The number of carbonyl (C=O) groups is 2. The van der Waals surface area contributed by atoms with Gasteiger partial charge in [0.05, 0.1) is 11.7 Å². The van der Waals surface area contributed by atoms with Gasteiger partial charge in [-0.1, -0.05) is 30.3 Å². The number of aliphatic hydroxyl groups excluding tert-OH is 1. The van der Waals surface area contributed by atoms with Crippen molar-refractivity contribution < 1.29 is 37.0 Å². The molecule has 0 aliphatic rings. The number of aromatic nitrogens is 1. The molecule has 3 N–H and O–H groups in total. The standard InChI is InChI=1S/C27H28F4N2O4/c1-27(2,31)9-8-16(25(32)35)13-20(34)21(10-15-6-4-3-5-7-15)37-26(36)18-11-17-12-19(28)22(29)23(30)24(17)33-14-18/h3-7,11-12,14,16,20-21,34H,8-10,13H2,1-2H3,(H2,32,35)/t16-,20+,21+/m1/s1. The first kappa shape index (κ1) is 28.0. The van der Waals surface area contributed by atoms with Crippen molar-refractivity contribution in [1.29, 1.82) is 0 Å². The molecule has 1 heterocycles. The Hall–Kier alpha value is -3.53. The smallest absolute Gasteiger partial charge is 0.340 e. The Morgan fingerprint density at radius 3 is 2.41 bits per heavy atom. The van der Waals surface area contributed by atoms with Crippen LogP contribution in [0.3, 0.4) is 0 Å². The predicted molar refractivity (Wildman–Crippen MR) is 129 cm³/mol. The van der Waals surface area contributed by atoms with Crippen LogP contribution in [0.1, 0.15) is 49.0 Å². The molecular weight excluding hydrogens is 492 g/mol. The highest BCUT2D eigenvalue weighted by Crippen LogP contribution is 2.26. The van der Waals surface area contributed by atoms with Crippen molar-refractivity contribution in [1.82, 2.24) is 4.98 Å². The molecule has 6 nitrogen and oxygen atoms in total. The topological polar surface area (TPSA) is 103 Å². The van der Waals surface area contributed by atoms with Crippen molar-refractivity contribution in [2.24, 2.45) is 11.7 Å². The molecule has 3 atom stereocenters. The third-order valence-corrected chi connectivity index (χ3v) is 6.03. The van der Waals surface area contributed by atoms with E-state index in [1.165, 1.54) is 13.8 Å². The molecule has 0 bridgehead atoms. The molecule has 0 aliphatic carbocycles. The highest BCUT2D eigenvalue weighted by Gasteiger charge is 2.31. The van der Waals surface area contributed by atoms with Crippen LogP contribution in [-0.2, 0) is 16.0 Å². The summed E-state index contributed by atoms with van der Waals surface area (Å²) in [5.41, 5.74) is 4.00. The summed E-state index contributed by atoms with van der Waals surface area (Å²) in [7, 11) is 0. The highest BCUT2D eigenvalue weighted by molar-refractivity contribution is 5.94. The van der Waals surface area contributed by atoms with Gasteiger partial charge in [0.25, 0.3) is 0 Å². The van der Waals surface area contributed by atoms with Crippen LogP contribution >= 0.6 is 0 Å². The molecule has 1 amide bonds. The monoisotopic (exact) mass is 520 g/mol. The van der Waals surface area contributed by atoms with Gasteiger partial charge in [-0.2, -0.15) is 0 Å². The molecule has 3 rings (SSSR count). The van der Waals surface area contributed by atoms with Gasteiger partial charge in [0.15, 0.2) is 17.5 Å². The number of carbonyl (C=O) groups excluding carboxylic acids is 2. The zero-order valence-corrected chi connectivity index (χ0v) is 20.4. The van der Waals surface area contributed by atoms with E-state index in [0.29, 0.717) is 6.07 Å². The maximum absolute atomic E-state index is 14.0. The summed E-state index contributed by atoms with van der Waals surface area (Å²) < 4.78 is 60.7. The highest BCUT2D eigenvalue weighted by atomic mass is 19.2. The number of pyridine rings is 1. The first-order valence-corrected chi connectivity index (χ1v) is 11.7. The second kappa shape index (κ2) is 11.7. The Bertz CT molecular complexity index is 1260. The van der Waals surface area contributed by atoms with Gasteiger partial charge in [-0.15, -0.1) is 0 Å². The lowest BCUT2D eigenvalue weighted by molar-refractivity contribution is -0.124. The van der Waals surface area contributed by atoms with E-state index in [1.54, 1.807) is 30.3 Å². The van der Waals surface area contributed by atoms with Gasteiger partial charge < -0.3 is 15.6 Å². The number of aliphatic hydroxyl groups is 1. The van der Waals surface area contributed by atoms with Gasteiger partial charge in [0, 0.05) is 23.9 Å². The second-order valence-corrected chi connectivity index (χ2v) is 9.58. The Morgan fingerprint density at radius 2 is 1.78 bits per heavy atom. The average molecular weight is 521 g/mol. The first-order valence-electron chi connectivity index (χ1n) is 11.7. The van der Waals surface area contributed by atoms with Crippen LogP contribution in [-0.4, -0.2) is 39.8 Å². The summed E-state index contributed by atoms with van der Waals surface area (Å²) >= 11 is 0. The van der Waals surface area contributed by atoms with Crippen LogP contribution in [0.4, 0.5) is 17.6 Å². The molecule has 0 unspecified atom stereocenters. The molecule has 0 spiro atoms. The number of alkyl halides is 1. The average Bonchev–Trinajstić information content (AvgIpc) is 2.84. The van der Waals surface area contributed by atoms with Crippen LogP contribution in [0.15, 0.2) is 48.7 Å². The Kier molecular flexibility index (Phi) is 8.85. The lowest BCUT2D eigenvalue weighted by Gasteiger charge is -2.27. The Labute approximate surface area is 211 Å². The van der Waals surface area contributed by atoms with Gasteiger partial charge in [-0.25, -0.2) is 22.4 Å². The number of nitrogens with two attached hydrogens (primary N) is 1. The van der Waals surface area contributed by atoms with Crippen molar-refractivity contribution in [2.75, 3.05) is 0 Å². The number of hydrogen-bond acceptors (Lipinski definition) is 5. The predicted octanol–water partition coefficient (Wildman–Crippen LogP) is 4.80. The maximum atomic E-state index is 14.0. The molecule has 0 fully saturated rings. The molecule has 37 heavy (non-hydrogen) atoms. The van der Waals surface area contributed by atoms with E-state index >= 15 is 0 Å². The molecule has 198 valence electrons. The fourth-order valence-corrected chi connectivity index (χ4v) is 3.94. The van der Waals surface area contributed by atoms with Gasteiger partial charge >= 0.3 is 5.97 Å². The summed E-state index contributed by atoms with van der Waals surface area (Å²) in [6.07, 6.45) is -1.52. The number of ether oxygens (including phenoxy) is 1. The molecule has 1 aromatic heterocycles. The van der Waals surface area contributed by atoms with E-state index in [0.717, 1.165) is 17.8 Å². The normalized spacial score (nSPS) is 14.2. The maximum Gasteiger partial charge on any atom is 0.340 e. The fraction of sp³-hybridized carbons (Fsp3) is 0.370. The van der Waals surface area contributed by atoms with E-state index in [2.05, 4.69) is 4.98 Å². The number of benzene rings is 2. The minimum Gasteiger partial charge on any atom is -0.456 e. The molecule has 0 saturated carbocycles. The van der Waals surface area contributed by atoms with Crippen LogP contribution < -0.4 is 5.73 Å². The first-order chi connectivity index (χ1) is 17.4. The minimum absolute atomic E-state index is 0.0347. The van der Waals surface area contributed by atoms with Crippen LogP contribution in [0, 0.1) is 23.4 Å². The Balaban J connectivity index is 1.84. The second-order valence-electron chi connectivity index (χ2n) is 9.58. The van der Waals surface area contributed by atoms with Crippen LogP contribution in [0.25, 0.3) is 10.9 Å². The summed E-state index contributed by atoms with van der Waals surface area (Å²) in [6.45, 7) is 2.73. The number of rotatable bonds is 11. The third-order valence-electron chi connectivity index (χ3n) is 6.03.